The Balaban J connectivity index is 0.000000494. The first-order valence-corrected chi connectivity index (χ1v) is 5.11. The monoisotopic (exact) mass is 258 g/mol. The van der Waals surface area contributed by atoms with Crippen LogP contribution in [-0.2, 0) is 0 Å². The third-order valence-electron chi connectivity index (χ3n) is 2.02. The van der Waals surface area contributed by atoms with Crippen molar-refractivity contribution in [3.8, 4) is 0 Å². The van der Waals surface area contributed by atoms with Gasteiger partial charge in [0.1, 0.15) is 6.67 Å². The highest BCUT2D eigenvalue weighted by Gasteiger charge is 2.13. The van der Waals surface area contributed by atoms with Gasteiger partial charge in [-0.15, -0.1) is 0 Å². The van der Waals surface area contributed by atoms with Crippen LogP contribution in [0.5, 0.6) is 0 Å². The predicted molar refractivity (Wildman–Crippen MR) is 62.8 cm³/mol. The lowest BCUT2D eigenvalue weighted by atomic mass is 10.0. The molecule has 1 aromatic rings. The third-order valence-corrected chi connectivity index (χ3v) is 2.02. The minimum absolute atomic E-state index is 0.0277. The summed E-state index contributed by atoms with van der Waals surface area (Å²) in [6, 6.07) is 4.17. The van der Waals surface area contributed by atoms with Crippen molar-refractivity contribution in [1.29, 1.82) is 0 Å². The molecule has 18 heavy (non-hydrogen) atoms. The van der Waals surface area contributed by atoms with Crippen molar-refractivity contribution in [2.45, 2.75) is 20.0 Å². The molecule has 1 rings (SSSR count). The molecule has 0 saturated heterocycles. The van der Waals surface area contributed by atoms with E-state index in [1.54, 1.807) is 0 Å². The minimum Gasteiger partial charge on any atom is -0.478 e. The second kappa shape index (κ2) is 7.39. The Morgan fingerprint density at radius 1 is 1.22 bits per heavy atom. The van der Waals surface area contributed by atoms with Crippen LogP contribution >= 0.6 is 0 Å². The Bertz CT molecular complexity index is 396. The smallest absolute Gasteiger partial charge is 0.335 e. The first-order chi connectivity index (χ1) is 8.31. The van der Waals surface area contributed by atoms with Gasteiger partial charge in [0.15, 0.2) is 0 Å². The van der Waals surface area contributed by atoms with E-state index in [0.717, 1.165) is 0 Å². The summed E-state index contributed by atoms with van der Waals surface area (Å²) in [7, 11) is 0. The molecule has 0 heterocycles. The van der Waals surface area contributed by atoms with Crippen molar-refractivity contribution in [2.24, 2.45) is 0 Å². The van der Waals surface area contributed by atoms with Crippen LogP contribution in [0.25, 0.3) is 0 Å². The molecule has 0 amide bonds. The van der Waals surface area contributed by atoms with Gasteiger partial charge < -0.3 is 15.3 Å². The predicted octanol–water partition coefficient (Wildman–Crippen LogP) is 1.73. The molecule has 0 radical (unpaired) electrons. The first-order valence-electron chi connectivity index (χ1n) is 5.11. The molecule has 0 aliphatic rings. The standard InChI is InChI=1S/C9H8O4.C3H7FO/c1-5-6(8(10)11)3-2-4-7(5)9(12)13;1-3(5)2-4/h2-4H,1H3,(H,10,11)(H,12,13);3,5H,2H2,1H3. The number of carboxylic acids is 2. The average Bonchev–Trinajstić information content (AvgIpc) is 2.29. The minimum atomic E-state index is -1.11. The molecule has 0 spiro atoms. The number of hydrogen-bond acceptors (Lipinski definition) is 3. The zero-order chi connectivity index (χ0) is 14.3. The second-order valence-corrected chi connectivity index (χ2v) is 3.59. The van der Waals surface area contributed by atoms with Crippen LogP contribution in [0, 0.1) is 6.92 Å². The van der Waals surface area contributed by atoms with Crippen LogP contribution in [0.3, 0.4) is 0 Å². The molecule has 3 N–H and O–H groups in total. The van der Waals surface area contributed by atoms with Gasteiger partial charge in [0, 0.05) is 0 Å². The highest BCUT2D eigenvalue weighted by atomic mass is 19.1. The molecule has 0 aliphatic heterocycles. The third kappa shape index (κ3) is 4.92. The van der Waals surface area contributed by atoms with Crippen LogP contribution < -0.4 is 0 Å². The van der Waals surface area contributed by atoms with E-state index < -0.39 is 24.7 Å². The highest BCUT2D eigenvalue weighted by molar-refractivity contribution is 5.96. The van der Waals surface area contributed by atoms with E-state index in [9.17, 15) is 14.0 Å². The van der Waals surface area contributed by atoms with E-state index in [4.69, 9.17) is 15.3 Å². The Morgan fingerprint density at radius 2 is 1.56 bits per heavy atom. The van der Waals surface area contributed by atoms with E-state index >= 15 is 0 Å². The summed E-state index contributed by atoms with van der Waals surface area (Å²) in [6.07, 6.45) is -0.782. The fraction of sp³-hybridized carbons (Fsp3) is 0.333. The number of aromatic carboxylic acids is 2. The molecular formula is C12H15FO5. The van der Waals surface area contributed by atoms with E-state index in [0.29, 0.717) is 0 Å². The Morgan fingerprint density at radius 3 is 1.78 bits per heavy atom. The summed E-state index contributed by atoms with van der Waals surface area (Å²) in [6.45, 7) is 2.24. The number of hydrogen-bond donors (Lipinski definition) is 3. The van der Waals surface area contributed by atoms with Gasteiger partial charge >= 0.3 is 11.9 Å². The summed E-state index contributed by atoms with van der Waals surface area (Å²) >= 11 is 0. The first kappa shape index (κ1) is 16.1. The van der Waals surface area contributed by atoms with Crippen LogP contribution in [0.4, 0.5) is 4.39 Å². The number of alkyl halides is 1. The molecule has 5 nitrogen and oxygen atoms in total. The van der Waals surface area contributed by atoms with E-state index in [1.807, 2.05) is 0 Å². The number of carboxylic acid groups (broad SMARTS) is 2. The second-order valence-electron chi connectivity index (χ2n) is 3.59. The SMILES string of the molecule is CC(O)CF.Cc1c(C(=O)O)cccc1C(=O)O. The van der Waals surface area contributed by atoms with E-state index in [1.165, 1.54) is 32.0 Å². The summed E-state index contributed by atoms with van der Waals surface area (Å²) in [5.74, 6) is -2.22. The van der Waals surface area contributed by atoms with E-state index in [2.05, 4.69) is 0 Å². The Hall–Kier alpha value is -1.95. The molecule has 1 aromatic carbocycles. The van der Waals surface area contributed by atoms with E-state index in [-0.39, 0.29) is 16.7 Å². The van der Waals surface area contributed by atoms with Gasteiger partial charge in [0.05, 0.1) is 17.2 Å². The fourth-order valence-corrected chi connectivity index (χ4v) is 1.10. The number of aliphatic hydroxyl groups is 1. The van der Waals surface area contributed by atoms with Gasteiger partial charge in [-0.2, -0.15) is 0 Å². The number of carbonyl (C=O) groups is 2. The average molecular weight is 258 g/mol. The molecule has 100 valence electrons. The maximum Gasteiger partial charge on any atom is 0.335 e. The van der Waals surface area contributed by atoms with Crippen molar-refractivity contribution < 1.29 is 29.3 Å². The quantitative estimate of drug-likeness (QED) is 0.767. The van der Waals surface area contributed by atoms with Gasteiger partial charge in [0.2, 0.25) is 0 Å². The lowest BCUT2D eigenvalue weighted by Crippen LogP contribution is -2.06. The number of rotatable bonds is 3. The molecule has 0 bridgehead atoms. The van der Waals surface area contributed by atoms with Crippen molar-refractivity contribution in [3.05, 3.63) is 34.9 Å². The number of benzene rings is 1. The molecule has 1 atom stereocenters. The van der Waals surface area contributed by atoms with Crippen molar-refractivity contribution in [2.75, 3.05) is 6.67 Å². The zero-order valence-electron chi connectivity index (χ0n) is 10.1. The zero-order valence-corrected chi connectivity index (χ0v) is 10.1. The van der Waals surface area contributed by atoms with Crippen molar-refractivity contribution >= 4 is 11.9 Å². The Labute approximate surface area is 103 Å². The Kier molecular flexibility index (Phi) is 6.59. The van der Waals surface area contributed by atoms with Crippen molar-refractivity contribution in [3.63, 3.8) is 0 Å². The molecular weight excluding hydrogens is 243 g/mol. The van der Waals surface area contributed by atoms with Crippen LogP contribution in [0.15, 0.2) is 18.2 Å². The van der Waals surface area contributed by atoms with Gasteiger partial charge in [-0.25, -0.2) is 14.0 Å². The summed E-state index contributed by atoms with van der Waals surface area (Å²) in [5.41, 5.74) is 0.335. The molecule has 0 aliphatic carbocycles. The van der Waals surface area contributed by atoms with Gasteiger partial charge in [0.25, 0.3) is 0 Å². The van der Waals surface area contributed by atoms with Gasteiger partial charge in [-0.3, -0.25) is 0 Å². The molecule has 0 saturated carbocycles. The number of aliphatic hydroxyl groups excluding tert-OH is 1. The van der Waals surface area contributed by atoms with Crippen LogP contribution in [-0.4, -0.2) is 40.0 Å². The summed E-state index contributed by atoms with van der Waals surface area (Å²) < 4.78 is 10.9. The maximum atomic E-state index is 10.9. The molecule has 0 aromatic heterocycles. The molecule has 0 fully saturated rings. The fourth-order valence-electron chi connectivity index (χ4n) is 1.10. The maximum absolute atomic E-state index is 10.9. The van der Waals surface area contributed by atoms with Gasteiger partial charge in [-0.05, 0) is 31.5 Å². The lowest BCUT2D eigenvalue weighted by Gasteiger charge is -2.03. The van der Waals surface area contributed by atoms with Crippen LogP contribution in [0.2, 0.25) is 0 Å². The van der Waals surface area contributed by atoms with Crippen LogP contribution in [0.1, 0.15) is 33.2 Å². The van der Waals surface area contributed by atoms with Gasteiger partial charge in [-0.1, -0.05) is 6.07 Å². The summed E-state index contributed by atoms with van der Waals surface area (Å²) in [4.78, 5) is 21.2. The largest absolute Gasteiger partial charge is 0.478 e. The number of halogens is 1. The normalized spacial score (nSPS) is 11.1. The molecule has 6 heteroatoms. The highest BCUT2D eigenvalue weighted by Crippen LogP contribution is 2.13. The molecule has 1 unspecified atom stereocenters. The summed E-state index contributed by atoms with van der Waals surface area (Å²) in [5, 5.41) is 25.3. The van der Waals surface area contributed by atoms with Crippen molar-refractivity contribution in [1.82, 2.24) is 0 Å². The lowest BCUT2D eigenvalue weighted by molar-refractivity contribution is 0.0696. The topological polar surface area (TPSA) is 94.8 Å².